The highest BCUT2D eigenvalue weighted by Crippen LogP contribution is 2.14. The van der Waals surface area contributed by atoms with Gasteiger partial charge in [-0.05, 0) is 18.4 Å². The van der Waals surface area contributed by atoms with Gasteiger partial charge in [0.05, 0.1) is 18.4 Å². The van der Waals surface area contributed by atoms with E-state index in [2.05, 4.69) is 4.74 Å². The Morgan fingerprint density at radius 3 is 3.00 bits per heavy atom. The average molecular weight is 179 g/mol. The predicted molar refractivity (Wildman–Crippen MR) is 50.7 cm³/mol. The van der Waals surface area contributed by atoms with Crippen molar-refractivity contribution in [3.63, 3.8) is 0 Å². The molecule has 0 saturated carbocycles. The zero-order valence-corrected chi connectivity index (χ0v) is 7.83. The van der Waals surface area contributed by atoms with Gasteiger partial charge >= 0.3 is 5.97 Å². The van der Waals surface area contributed by atoms with E-state index in [0.717, 1.165) is 6.42 Å². The fourth-order valence-electron chi connectivity index (χ4n) is 1.15. The first-order valence-electron chi connectivity index (χ1n) is 4.20. The van der Waals surface area contributed by atoms with Crippen molar-refractivity contribution >= 4 is 11.7 Å². The third-order valence-electron chi connectivity index (χ3n) is 1.98. The Morgan fingerprint density at radius 2 is 2.38 bits per heavy atom. The third-order valence-corrected chi connectivity index (χ3v) is 1.98. The molecule has 0 radical (unpaired) electrons. The Kier molecular flexibility index (Phi) is 3.01. The summed E-state index contributed by atoms with van der Waals surface area (Å²) in [6, 6.07) is 0. The lowest BCUT2D eigenvalue weighted by molar-refractivity contribution is -0.135. The highest BCUT2D eigenvalue weighted by Gasteiger charge is 2.15. The van der Waals surface area contributed by atoms with Crippen LogP contribution in [0, 0.1) is 11.3 Å². The molecule has 0 aromatic rings. The molecule has 0 amide bonds. The lowest BCUT2D eigenvalue weighted by Crippen LogP contribution is -2.11. The van der Waals surface area contributed by atoms with Crippen LogP contribution in [0.25, 0.3) is 0 Å². The molecule has 0 fully saturated rings. The second kappa shape index (κ2) is 4.03. The summed E-state index contributed by atoms with van der Waals surface area (Å²) in [5.74, 6) is -0.0498. The van der Waals surface area contributed by atoms with Gasteiger partial charge in [-0.25, -0.2) is 4.79 Å². The van der Waals surface area contributed by atoms with Crippen molar-refractivity contribution in [2.45, 2.75) is 13.3 Å². The normalized spacial score (nSPS) is 22.2. The summed E-state index contributed by atoms with van der Waals surface area (Å²) in [5, 5.41) is 7.55. The number of rotatable bonds is 1. The highest BCUT2D eigenvalue weighted by atomic mass is 16.5. The van der Waals surface area contributed by atoms with Crippen LogP contribution in [0.2, 0.25) is 0 Å². The van der Waals surface area contributed by atoms with Gasteiger partial charge in [0.2, 0.25) is 0 Å². The van der Waals surface area contributed by atoms with Crippen LogP contribution in [0.3, 0.4) is 0 Å². The molecule has 0 aromatic heterocycles. The summed E-state index contributed by atoms with van der Waals surface area (Å²) in [7, 11) is 1.33. The van der Waals surface area contributed by atoms with Gasteiger partial charge in [-0.2, -0.15) is 0 Å². The molecule has 70 valence electrons. The Bertz CT molecular complexity index is 289. The molecule has 0 heterocycles. The van der Waals surface area contributed by atoms with Gasteiger partial charge in [-0.3, -0.25) is 0 Å². The van der Waals surface area contributed by atoms with Crippen molar-refractivity contribution in [1.82, 2.24) is 0 Å². The summed E-state index contributed by atoms with van der Waals surface area (Å²) in [4.78, 5) is 11.2. The lowest BCUT2D eigenvalue weighted by atomic mass is 10.1. The summed E-state index contributed by atoms with van der Waals surface area (Å²) < 4.78 is 4.57. The molecule has 13 heavy (non-hydrogen) atoms. The van der Waals surface area contributed by atoms with Crippen LogP contribution >= 0.6 is 0 Å². The Balaban J connectivity index is 2.90. The van der Waals surface area contributed by atoms with Crippen LogP contribution < -0.4 is 0 Å². The topological polar surface area (TPSA) is 50.2 Å². The molecule has 0 aromatic carbocycles. The second-order valence-corrected chi connectivity index (χ2v) is 3.10. The largest absolute Gasteiger partial charge is 0.465 e. The van der Waals surface area contributed by atoms with E-state index >= 15 is 0 Å². The fraction of sp³-hybridized carbons (Fsp3) is 0.400. The zero-order valence-electron chi connectivity index (χ0n) is 7.83. The van der Waals surface area contributed by atoms with E-state index < -0.39 is 5.97 Å². The first-order chi connectivity index (χ1) is 6.15. The number of allylic oxidation sites excluding steroid dienone is 3. The Morgan fingerprint density at radius 1 is 1.69 bits per heavy atom. The minimum atomic E-state index is -0.427. The molecule has 1 unspecified atom stereocenters. The molecule has 1 aliphatic rings. The number of carbonyl (C=O) groups excluding carboxylic acids is 1. The van der Waals surface area contributed by atoms with Gasteiger partial charge in [-0.1, -0.05) is 19.1 Å². The Hall–Kier alpha value is -1.38. The number of methoxy groups -OCH3 is 1. The third kappa shape index (κ3) is 2.28. The molecule has 1 rings (SSSR count). The predicted octanol–water partition coefficient (Wildman–Crippen LogP) is 1.70. The molecular weight excluding hydrogens is 166 g/mol. The van der Waals surface area contributed by atoms with Gasteiger partial charge < -0.3 is 10.1 Å². The van der Waals surface area contributed by atoms with Gasteiger partial charge in [0.1, 0.15) is 0 Å². The van der Waals surface area contributed by atoms with Gasteiger partial charge in [0.15, 0.2) is 0 Å². The maximum absolute atomic E-state index is 11.2. The van der Waals surface area contributed by atoms with Gasteiger partial charge in [0, 0.05) is 0 Å². The standard InChI is InChI=1S/C10H13NO2/c1-7-3-5-8(10(12)13-2)9(11)6-4-7/h4-7,11H,3H2,1-2H3. The summed E-state index contributed by atoms with van der Waals surface area (Å²) in [6.45, 7) is 2.04. The van der Waals surface area contributed by atoms with Crippen LogP contribution in [0.1, 0.15) is 13.3 Å². The maximum Gasteiger partial charge on any atom is 0.339 e. The van der Waals surface area contributed by atoms with E-state index in [4.69, 9.17) is 5.41 Å². The van der Waals surface area contributed by atoms with Gasteiger partial charge in [-0.15, -0.1) is 0 Å². The van der Waals surface area contributed by atoms with Crippen LogP contribution in [-0.4, -0.2) is 18.8 Å². The van der Waals surface area contributed by atoms with Crippen molar-refractivity contribution in [3.8, 4) is 0 Å². The highest BCUT2D eigenvalue weighted by molar-refractivity contribution is 6.23. The molecule has 1 aliphatic carbocycles. The smallest absolute Gasteiger partial charge is 0.339 e. The number of nitrogens with one attached hydrogen (secondary N) is 1. The van der Waals surface area contributed by atoms with Crippen molar-refractivity contribution in [2.24, 2.45) is 5.92 Å². The molecule has 3 heteroatoms. The van der Waals surface area contributed by atoms with Crippen molar-refractivity contribution in [3.05, 3.63) is 23.8 Å². The van der Waals surface area contributed by atoms with Crippen LogP contribution in [-0.2, 0) is 9.53 Å². The Labute approximate surface area is 77.6 Å². The molecule has 0 bridgehead atoms. The molecule has 0 aliphatic heterocycles. The summed E-state index contributed by atoms with van der Waals surface area (Å²) in [5.41, 5.74) is 0.597. The van der Waals surface area contributed by atoms with Crippen LogP contribution in [0.5, 0.6) is 0 Å². The molecule has 0 spiro atoms. The summed E-state index contributed by atoms with van der Waals surface area (Å²) in [6.07, 6.45) is 6.12. The first kappa shape index (κ1) is 9.71. The lowest BCUT2D eigenvalue weighted by Gasteiger charge is -2.01. The number of carbonyl (C=O) groups is 1. The van der Waals surface area contributed by atoms with E-state index in [9.17, 15) is 4.79 Å². The van der Waals surface area contributed by atoms with E-state index in [0.29, 0.717) is 11.5 Å². The maximum atomic E-state index is 11.2. The van der Waals surface area contributed by atoms with Gasteiger partial charge in [0.25, 0.3) is 0 Å². The zero-order chi connectivity index (χ0) is 9.84. The number of ether oxygens (including phenoxy) is 1. The average Bonchev–Trinajstić information content (AvgIpc) is 2.28. The molecule has 1 N–H and O–H groups in total. The molecule has 3 nitrogen and oxygen atoms in total. The van der Waals surface area contributed by atoms with E-state index in [1.807, 2.05) is 13.0 Å². The number of hydrogen-bond donors (Lipinski definition) is 1. The van der Waals surface area contributed by atoms with Crippen LogP contribution in [0.15, 0.2) is 23.8 Å². The fourth-order valence-corrected chi connectivity index (χ4v) is 1.15. The number of hydrogen-bond acceptors (Lipinski definition) is 3. The minimum Gasteiger partial charge on any atom is -0.465 e. The summed E-state index contributed by atoms with van der Waals surface area (Å²) >= 11 is 0. The SMILES string of the molecule is COC(=O)C1=CCC(C)C=CC1=N. The first-order valence-corrected chi connectivity index (χ1v) is 4.20. The van der Waals surface area contributed by atoms with E-state index in [-0.39, 0.29) is 5.71 Å². The molecular formula is C10H13NO2. The quantitative estimate of drug-likeness (QED) is 0.623. The minimum absolute atomic E-state index is 0.233. The molecule has 0 saturated heterocycles. The van der Waals surface area contributed by atoms with Crippen LogP contribution in [0.4, 0.5) is 0 Å². The van der Waals surface area contributed by atoms with E-state index in [1.54, 1.807) is 12.2 Å². The van der Waals surface area contributed by atoms with E-state index in [1.165, 1.54) is 7.11 Å². The number of esters is 1. The van der Waals surface area contributed by atoms with Crippen molar-refractivity contribution < 1.29 is 9.53 Å². The van der Waals surface area contributed by atoms with Crippen molar-refractivity contribution in [2.75, 3.05) is 7.11 Å². The second-order valence-electron chi connectivity index (χ2n) is 3.10. The van der Waals surface area contributed by atoms with Crippen molar-refractivity contribution in [1.29, 1.82) is 5.41 Å². The molecule has 1 atom stereocenters. The monoisotopic (exact) mass is 179 g/mol.